The fraction of sp³-hybridized carbons (Fsp3) is 0.385. The molecule has 41 heavy (non-hydrogen) atoms. The Labute approximate surface area is 229 Å². The molecule has 4 aromatic rings. The first-order chi connectivity index (χ1) is 19.6. The average molecular weight is 575 g/mol. The van der Waals surface area contributed by atoms with Crippen molar-refractivity contribution < 1.29 is 31.5 Å². The summed E-state index contributed by atoms with van der Waals surface area (Å²) in [6, 6.07) is 6.69. The third-order valence-corrected chi connectivity index (χ3v) is 6.92. The second-order valence-corrected chi connectivity index (χ2v) is 9.71. The van der Waals surface area contributed by atoms with Crippen LogP contribution in [0.1, 0.15) is 49.1 Å². The van der Waals surface area contributed by atoms with Crippen LogP contribution in [0.5, 0.6) is 5.88 Å². The number of hydrogen-bond acceptors (Lipinski definition) is 7. The van der Waals surface area contributed by atoms with Crippen LogP contribution in [0, 0.1) is 0 Å². The fourth-order valence-corrected chi connectivity index (χ4v) is 4.79. The van der Waals surface area contributed by atoms with Gasteiger partial charge in [-0.15, -0.1) is 5.10 Å². The number of carbonyl (C=O) groups excluding carboxylic acids is 1. The second-order valence-electron chi connectivity index (χ2n) is 9.71. The first-order valence-electron chi connectivity index (χ1n) is 12.9. The van der Waals surface area contributed by atoms with E-state index in [4.69, 9.17) is 0 Å². The van der Waals surface area contributed by atoms with E-state index < -0.39 is 18.5 Å². The summed E-state index contributed by atoms with van der Waals surface area (Å²) in [4.78, 5) is 30.8. The lowest BCUT2D eigenvalue weighted by Gasteiger charge is -2.26. The largest absolute Gasteiger partial charge is 0.434 e. The molecule has 0 spiro atoms. The molecule has 2 aliphatic rings. The highest BCUT2D eigenvalue weighted by atomic mass is 19.4. The number of alkyl halides is 5. The third kappa shape index (κ3) is 5.23. The lowest BCUT2D eigenvalue weighted by atomic mass is 10.1. The summed E-state index contributed by atoms with van der Waals surface area (Å²) in [5.41, 5.74) is 0.909. The number of ether oxygens (including phenoxy) is 1. The van der Waals surface area contributed by atoms with Gasteiger partial charge in [0.25, 0.3) is 0 Å². The van der Waals surface area contributed by atoms with Crippen molar-refractivity contribution in [3.8, 4) is 28.7 Å². The smallest absolute Gasteiger partial charge is 0.416 e. The monoisotopic (exact) mass is 574 g/mol. The molecule has 4 heterocycles. The van der Waals surface area contributed by atoms with E-state index in [9.17, 15) is 26.7 Å². The lowest BCUT2D eigenvalue weighted by Crippen LogP contribution is -2.37. The lowest BCUT2D eigenvalue weighted by molar-refractivity contribution is -0.140. The molecule has 1 aliphatic heterocycles. The van der Waals surface area contributed by atoms with Crippen molar-refractivity contribution >= 4 is 11.9 Å². The number of amides is 1. The number of nitrogens with zero attached hydrogens (tertiary/aromatic N) is 8. The minimum atomic E-state index is -4.56. The van der Waals surface area contributed by atoms with E-state index in [1.54, 1.807) is 31.2 Å². The van der Waals surface area contributed by atoms with Gasteiger partial charge in [0, 0.05) is 30.6 Å². The number of aryl methyl sites for hydroxylation is 2. The third-order valence-electron chi connectivity index (χ3n) is 6.92. The van der Waals surface area contributed by atoms with Gasteiger partial charge >= 0.3 is 12.8 Å². The quantitative estimate of drug-likeness (QED) is 0.271. The molecule has 1 aliphatic carbocycles. The number of carbonyl (C=O) groups is 1. The van der Waals surface area contributed by atoms with Gasteiger partial charge in [-0.2, -0.15) is 26.9 Å². The van der Waals surface area contributed by atoms with Gasteiger partial charge in [-0.1, -0.05) is 24.3 Å². The van der Waals surface area contributed by atoms with E-state index in [1.807, 2.05) is 0 Å². The predicted molar refractivity (Wildman–Crippen MR) is 134 cm³/mol. The van der Waals surface area contributed by atoms with Crippen molar-refractivity contribution in [1.82, 2.24) is 34.3 Å². The van der Waals surface area contributed by atoms with Gasteiger partial charge in [-0.3, -0.25) is 9.69 Å². The number of aromatic nitrogens is 7. The van der Waals surface area contributed by atoms with Crippen molar-refractivity contribution in [2.24, 2.45) is 0 Å². The van der Waals surface area contributed by atoms with E-state index in [0.29, 0.717) is 23.4 Å². The maximum absolute atomic E-state index is 13.2. The van der Waals surface area contributed by atoms with Gasteiger partial charge in [0.05, 0.1) is 18.8 Å². The average Bonchev–Trinajstić information content (AvgIpc) is 3.53. The zero-order valence-electron chi connectivity index (χ0n) is 21.6. The van der Waals surface area contributed by atoms with E-state index >= 15 is 0 Å². The summed E-state index contributed by atoms with van der Waals surface area (Å²) in [7, 11) is 0. The van der Waals surface area contributed by atoms with Gasteiger partial charge < -0.3 is 9.30 Å². The van der Waals surface area contributed by atoms with Crippen LogP contribution in [0.25, 0.3) is 22.8 Å². The molecule has 15 heteroatoms. The SMILES string of the molecule is CCn1cc(C(F)(F)F)nc1-c1ccc(CN2C(=O)CCn3nc(-c4c(OC(F)F)ncnc4C4CC4)nc32)cc1. The minimum Gasteiger partial charge on any atom is -0.416 e. The van der Waals surface area contributed by atoms with Crippen LogP contribution in [0.15, 0.2) is 36.8 Å². The van der Waals surface area contributed by atoms with E-state index in [-0.39, 0.29) is 60.4 Å². The number of hydrogen-bond donors (Lipinski definition) is 0. The standard InChI is InChI=1S/C26H23F5N8O2/c1-2-37-12-17(26(29,30)31)34-22(37)16-5-3-14(4-6-16)11-38-18(40)9-10-39-25(38)35-21(36-39)19-20(15-7-8-15)32-13-33-23(19)41-24(27)28/h3-6,12-13,15,24H,2,7-11H2,1H3. The fourth-order valence-electron chi connectivity index (χ4n) is 4.79. The maximum atomic E-state index is 13.2. The number of imidazole rings is 1. The Morgan fingerprint density at radius 2 is 1.85 bits per heavy atom. The van der Waals surface area contributed by atoms with Crippen LogP contribution in [0.2, 0.25) is 0 Å². The van der Waals surface area contributed by atoms with Crippen molar-refractivity contribution in [3.63, 3.8) is 0 Å². The van der Waals surface area contributed by atoms with Crippen LogP contribution in [0.4, 0.5) is 27.9 Å². The molecule has 0 bridgehead atoms. The van der Waals surface area contributed by atoms with Gasteiger partial charge in [0.15, 0.2) is 11.5 Å². The molecule has 1 fully saturated rings. The molecule has 0 radical (unpaired) electrons. The Morgan fingerprint density at radius 1 is 1.10 bits per heavy atom. The molecule has 6 rings (SSSR count). The molecule has 0 atom stereocenters. The molecule has 3 aromatic heterocycles. The van der Waals surface area contributed by atoms with E-state index in [0.717, 1.165) is 19.0 Å². The maximum Gasteiger partial charge on any atom is 0.434 e. The Kier molecular flexibility index (Phi) is 6.66. The molecule has 1 amide bonds. The summed E-state index contributed by atoms with van der Waals surface area (Å²) in [6.45, 7) is -0.725. The van der Waals surface area contributed by atoms with Gasteiger partial charge in [-0.05, 0) is 25.3 Å². The van der Waals surface area contributed by atoms with Gasteiger partial charge in [0.1, 0.15) is 17.7 Å². The van der Waals surface area contributed by atoms with Crippen molar-refractivity contribution in [2.45, 2.75) is 64.5 Å². The Morgan fingerprint density at radius 3 is 2.51 bits per heavy atom. The number of fused-ring (bicyclic) bond motifs is 1. The normalized spacial score (nSPS) is 15.5. The van der Waals surface area contributed by atoms with Crippen LogP contribution in [-0.2, 0) is 30.6 Å². The second kappa shape index (κ2) is 10.2. The van der Waals surface area contributed by atoms with Crippen molar-refractivity contribution in [3.05, 3.63) is 53.7 Å². The summed E-state index contributed by atoms with van der Waals surface area (Å²) in [5.74, 6) is 0.00825. The van der Waals surface area contributed by atoms with E-state index in [2.05, 4.69) is 29.8 Å². The molecule has 0 saturated heterocycles. The zero-order valence-corrected chi connectivity index (χ0v) is 21.6. The van der Waals surface area contributed by atoms with E-state index in [1.165, 1.54) is 20.5 Å². The topological polar surface area (TPSA) is 104 Å². The highest BCUT2D eigenvalue weighted by Crippen LogP contribution is 2.45. The molecular formula is C26H23F5N8O2. The summed E-state index contributed by atoms with van der Waals surface area (Å²) in [6.07, 6.45) is -0.602. The van der Waals surface area contributed by atoms with Gasteiger partial charge in [-0.25, -0.2) is 19.6 Å². The summed E-state index contributed by atoms with van der Waals surface area (Å²) in [5, 5.41) is 4.48. The van der Waals surface area contributed by atoms with Crippen LogP contribution in [0.3, 0.4) is 0 Å². The van der Waals surface area contributed by atoms with Gasteiger partial charge in [0.2, 0.25) is 17.7 Å². The molecular weight excluding hydrogens is 551 g/mol. The molecule has 0 N–H and O–H groups in total. The Bertz CT molecular complexity index is 1590. The first kappa shape index (κ1) is 26.8. The number of benzene rings is 1. The van der Waals surface area contributed by atoms with Crippen LogP contribution < -0.4 is 9.64 Å². The number of halogens is 5. The minimum absolute atomic E-state index is 0.0558. The van der Waals surface area contributed by atoms with Crippen LogP contribution >= 0.6 is 0 Å². The number of rotatable bonds is 8. The highest BCUT2D eigenvalue weighted by molar-refractivity contribution is 5.93. The summed E-state index contributed by atoms with van der Waals surface area (Å²) < 4.78 is 73.5. The molecule has 1 aromatic carbocycles. The Hall–Kier alpha value is -4.43. The molecule has 1 saturated carbocycles. The highest BCUT2D eigenvalue weighted by Gasteiger charge is 2.36. The number of anilines is 1. The Balaban J connectivity index is 1.30. The summed E-state index contributed by atoms with van der Waals surface area (Å²) >= 11 is 0. The molecule has 10 nitrogen and oxygen atoms in total. The van der Waals surface area contributed by atoms with Crippen molar-refractivity contribution in [1.29, 1.82) is 0 Å². The predicted octanol–water partition coefficient (Wildman–Crippen LogP) is 5.05. The molecule has 0 unspecified atom stereocenters. The van der Waals surface area contributed by atoms with Crippen LogP contribution in [-0.4, -0.2) is 46.8 Å². The molecule has 214 valence electrons. The first-order valence-corrected chi connectivity index (χ1v) is 12.9. The van der Waals surface area contributed by atoms with Crippen molar-refractivity contribution in [2.75, 3.05) is 4.90 Å². The zero-order chi connectivity index (χ0) is 28.9.